The van der Waals surface area contributed by atoms with E-state index < -0.39 is 10.0 Å². The van der Waals surface area contributed by atoms with Crippen molar-refractivity contribution in [2.24, 2.45) is 0 Å². The lowest BCUT2D eigenvalue weighted by atomic mass is 10.1. The molecule has 1 N–H and O–H groups in total. The molecule has 174 valence electrons. The zero-order valence-corrected chi connectivity index (χ0v) is 19.2. The summed E-state index contributed by atoms with van der Waals surface area (Å²) in [6, 6.07) is 10.9. The zero-order valence-electron chi connectivity index (χ0n) is 17.6. The minimum atomic E-state index is -3.83. The van der Waals surface area contributed by atoms with Crippen LogP contribution in [0.5, 0.6) is 0 Å². The second kappa shape index (κ2) is 9.60. The largest absolute Gasteiger partial charge is 0.379 e. The van der Waals surface area contributed by atoms with E-state index in [0.29, 0.717) is 24.3 Å². The summed E-state index contributed by atoms with van der Waals surface area (Å²) in [5, 5.41) is 2.72. The van der Waals surface area contributed by atoms with Crippen LogP contribution >= 0.6 is 11.6 Å². The Morgan fingerprint density at radius 1 is 1.03 bits per heavy atom. The maximum Gasteiger partial charge on any atom is 0.261 e. The first-order chi connectivity index (χ1) is 15.8. The summed E-state index contributed by atoms with van der Waals surface area (Å²) in [4.78, 5) is 38.2. The second-order valence-electron chi connectivity index (χ2n) is 7.62. The molecule has 0 radical (unpaired) electrons. The highest BCUT2D eigenvalue weighted by atomic mass is 35.5. The van der Waals surface area contributed by atoms with E-state index in [1.54, 1.807) is 24.3 Å². The molecule has 2 aromatic rings. The molecule has 0 atom stereocenters. The number of benzene rings is 2. The Labute approximate surface area is 196 Å². The summed E-state index contributed by atoms with van der Waals surface area (Å²) in [5.41, 5.74) is 1.02. The summed E-state index contributed by atoms with van der Waals surface area (Å²) in [6.45, 7) is 1.18. The number of hydrogen-bond acceptors (Lipinski definition) is 6. The van der Waals surface area contributed by atoms with Gasteiger partial charge in [-0.2, -0.15) is 4.31 Å². The third kappa shape index (κ3) is 4.79. The topological polar surface area (TPSA) is 113 Å². The highest BCUT2D eigenvalue weighted by Crippen LogP contribution is 2.28. The van der Waals surface area contributed by atoms with E-state index in [0.717, 1.165) is 4.90 Å². The van der Waals surface area contributed by atoms with Crippen LogP contribution in [0.1, 0.15) is 33.6 Å². The minimum Gasteiger partial charge on any atom is -0.379 e. The predicted octanol–water partition coefficient (Wildman–Crippen LogP) is 2.38. The first-order valence-corrected chi connectivity index (χ1v) is 12.2. The molecule has 0 aromatic heterocycles. The number of ether oxygens (including phenoxy) is 1. The molecule has 0 bridgehead atoms. The smallest absolute Gasteiger partial charge is 0.261 e. The van der Waals surface area contributed by atoms with Crippen LogP contribution in [0, 0.1) is 0 Å². The van der Waals surface area contributed by atoms with E-state index in [4.69, 9.17) is 16.3 Å². The maximum atomic E-state index is 12.9. The van der Waals surface area contributed by atoms with Crippen molar-refractivity contribution in [3.05, 3.63) is 58.6 Å². The van der Waals surface area contributed by atoms with Crippen LogP contribution in [0.4, 0.5) is 5.69 Å². The monoisotopic (exact) mass is 491 g/mol. The van der Waals surface area contributed by atoms with E-state index in [9.17, 15) is 22.8 Å². The number of sulfonamides is 1. The lowest BCUT2D eigenvalue weighted by Crippen LogP contribution is -2.40. The molecule has 0 saturated carbocycles. The van der Waals surface area contributed by atoms with Crippen molar-refractivity contribution in [2.75, 3.05) is 38.2 Å². The number of fused-ring (bicyclic) bond motifs is 1. The van der Waals surface area contributed by atoms with Crippen molar-refractivity contribution in [1.29, 1.82) is 0 Å². The fraction of sp³-hybridized carbons (Fsp3) is 0.318. The number of nitrogens with zero attached hydrogens (tertiary/aromatic N) is 2. The molecule has 0 spiro atoms. The molecule has 33 heavy (non-hydrogen) atoms. The lowest BCUT2D eigenvalue weighted by Gasteiger charge is -2.26. The number of anilines is 1. The molecule has 0 unspecified atom stereocenters. The van der Waals surface area contributed by atoms with Crippen LogP contribution < -0.4 is 5.32 Å². The molecule has 4 rings (SSSR count). The predicted molar refractivity (Wildman–Crippen MR) is 121 cm³/mol. The van der Waals surface area contributed by atoms with Crippen molar-refractivity contribution >= 4 is 45.0 Å². The number of amides is 3. The molecule has 9 nitrogen and oxygen atoms in total. The zero-order chi connectivity index (χ0) is 23.6. The molecule has 1 fully saturated rings. The van der Waals surface area contributed by atoms with Crippen LogP contribution in [-0.2, 0) is 19.6 Å². The van der Waals surface area contributed by atoms with Gasteiger partial charge in [0, 0.05) is 31.7 Å². The van der Waals surface area contributed by atoms with Gasteiger partial charge in [0.05, 0.1) is 29.4 Å². The van der Waals surface area contributed by atoms with Crippen molar-refractivity contribution in [1.82, 2.24) is 9.21 Å². The van der Waals surface area contributed by atoms with Gasteiger partial charge in [0.25, 0.3) is 11.8 Å². The van der Waals surface area contributed by atoms with E-state index in [-0.39, 0.29) is 65.8 Å². The van der Waals surface area contributed by atoms with Gasteiger partial charge in [0.15, 0.2) is 0 Å². The molecule has 2 aromatic carbocycles. The van der Waals surface area contributed by atoms with Gasteiger partial charge >= 0.3 is 0 Å². The third-order valence-corrected chi connectivity index (χ3v) is 7.85. The standard InChI is InChI=1S/C22H22ClN3O6S/c23-18-8-7-15(14-19(18)33(30,31)25-10-12-32-13-11-25)24-20(27)6-3-9-26-21(28)16-4-1-2-5-17(16)22(26)29/h1-2,4-5,7-8,14H,3,6,9-13H2,(H,24,27). The van der Waals surface area contributed by atoms with Crippen molar-refractivity contribution in [3.63, 3.8) is 0 Å². The van der Waals surface area contributed by atoms with Crippen LogP contribution in [0.3, 0.4) is 0 Å². The van der Waals surface area contributed by atoms with E-state index in [2.05, 4.69) is 5.32 Å². The van der Waals surface area contributed by atoms with Gasteiger partial charge < -0.3 is 10.1 Å². The number of carbonyl (C=O) groups excluding carboxylic acids is 3. The molecular formula is C22H22ClN3O6S. The number of morpholine rings is 1. The van der Waals surface area contributed by atoms with Crippen LogP contribution in [0.25, 0.3) is 0 Å². The Morgan fingerprint density at radius 2 is 1.67 bits per heavy atom. The normalized spacial score (nSPS) is 16.7. The van der Waals surface area contributed by atoms with Gasteiger partial charge in [-0.15, -0.1) is 0 Å². The Hall–Kier alpha value is -2.79. The van der Waals surface area contributed by atoms with Gasteiger partial charge in [0.2, 0.25) is 15.9 Å². The summed E-state index contributed by atoms with van der Waals surface area (Å²) < 4.78 is 32.3. The van der Waals surface area contributed by atoms with Gasteiger partial charge in [-0.1, -0.05) is 23.7 Å². The molecule has 2 aliphatic rings. The molecule has 0 aliphatic carbocycles. The Morgan fingerprint density at radius 3 is 2.30 bits per heavy atom. The summed E-state index contributed by atoms with van der Waals surface area (Å²) in [7, 11) is -3.83. The first kappa shape index (κ1) is 23.4. The van der Waals surface area contributed by atoms with E-state index in [1.807, 2.05) is 0 Å². The van der Waals surface area contributed by atoms with Crippen LogP contribution in [0.15, 0.2) is 47.4 Å². The maximum absolute atomic E-state index is 12.9. The third-order valence-electron chi connectivity index (χ3n) is 5.47. The molecular weight excluding hydrogens is 470 g/mol. The molecule has 11 heteroatoms. The molecule has 2 aliphatic heterocycles. The summed E-state index contributed by atoms with van der Waals surface area (Å²) >= 11 is 6.14. The average molecular weight is 492 g/mol. The minimum absolute atomic E-state index is 0.0432. The van der Waals surface area contributed by atoms with Crippen LogP contribution in [-0.4, -0.2) is 68.2 Å². The Balaban J connectivity index is 1.36. The number of rotatable bonds is 7. The highest BCUT2D eigenvalue weighted by molar-refractivity contribution is 7.89. The summed E-state index contributed by atoms with van der Waals surface area (Å²) in [6.07, 6.45) is 0.311. The average Bonchev–Trinajstić information content (AvgIpc) is 3.06. The van der Waals surface area contributed by atoms with Gasteiger partial charge in [-0.05, 0) is 36.8 Å². The highest BCUT2D eigenvalue weighted by Gasteiger charge is 2.34. The number of imide groups is 1. The SMILES string of the molecule is O=C(CCCN1C(=O)c2ccccc2C1=O)Nc1ccc(Cl)c(S(=O)(=O)N2CCOCC2)c1. The van der Waals surface area contributed by atoms with Crippen LogP contribution in [0.2, 0.25) is 5.02 Å². The van der Waals surface area contributed by atoms with Gasteiger partial charge in [-0.3, -0.25) is 19.3 Å². The number of hydrogen-bond donors (Lipinski definition) is 1. The number of nitrogens with one attached hydrogen (secondary N) is 1. The Kier molecular flexibility index (Phi) is 6.80. The Bertz CT molecular complexity index is 1180. The molecule has 1 saturated heterocycles. The number of halogens is 1. The lowest BCUT2D eigenvalue weighted by molar-refractivity contribution is -0.116. The fourth-order valence-electron chi connectivity index (χ4n) is 3.77. The van der Waals surface area contributed by atoms with Gasteiger partial charge in [0.1, 0.15) is 4.90 Å². The van der Waals surface area contributed by atoms with Gasteiger partial charge in [-0.25, -0.2) is 8.42 Å². The van der Waals surface area contributed by atoms with E-state index in [1.165, 1.54) is 22.5 Å². The summed E-state index contributed by atoms with van der Waals surface area (Å²) in [5.74, 6) is -1.11. The second-order valence-corrected chi connectivity index (χ2v) is 9.93. The molecule has 2 heterocycles. The van der Waals surface area contributed by atoms with Crippen molar-refractivity contribution in [2.45, 2.75) is 17.7 Å². The van der Waals surface area contributed by atoms with E-state index >= 15 is 0 Å². The quantitative estimate of drug-likeness (QED) is 0.595. The van der Waals surface area contributed by atoms with Crippen molar-refractivity contribution in [3.8, 4) is 0 Å². The van der Waals surface area contributed by atoms with Crippen molar-refractivity contribution < 1.29 is 27.5 Å². The first-order valence-electron chi connectivity index (χ1n) is 10.4. The fourth-order valence-corrected chi connectivity index (χ4v) is 5.68. The number of carbonyl (C=O) groups is 3. The molecule has 3 amide bonds.